The number of methoxy groups -OCH3 is 1. The standard InChI is InChI=1S/C19H26N2O8/c1-18(2,3)28-15(22)12-8-9-13(14(10-12)21(25)26)11-20(16(23)27-7)17(24)29-19(4,5)6/h8-10H,11H2,1-7H3. The third-order valence-corrected chi connectivity index (χ3v) is 3.25. The molecule has 0 radical (unpaired) electrons. The number of hydrogen-bond donors (Lipinski definition) is 0. The van der Waals surface area contributed by atoms with Crippen LogP contribution in [-0.2, 0) is 20.8 Å². The Morgan fingerprint density at radius 2 is 1.55 bits per heavy atom. The van der Waals surface area contributed by atoms with E-state index in [0.29, 0.717) is 4.90 Å². The van der Waals surface area contributed by atoms with Gasteiger partial charge < -0.3 is 14.2 Å². The number of nitrogens with zero attached hydrogens (tertiary/aromatic N) is 2. The Balaban J connectivity index is 3.26. The summed E-state index contributed by atoms with van der Waals surface area (Å²) in [4.78, 5) is 47.9. The molecule has 1 aromatic rings. The normalized spacial score (nSPS) is 11.4. The fourth-order valence-electron chi connectivity index (χ4n) is 2.13. The third-order valence-electron chi connectivity index (χ3n) is 3.25. The van der Waals surface area contributed by atoms with Gasteiger partial charge >= 0.3 is 18.2 Å². The quantitative estimate of drug-likeness (QED) is 0.315. The molecule has 0 aromatic heterocycles. The van der Waals surface area contributed by atoms with E-state index in [0.717, 1.165) is 13.2 Å². The maximum atomic E-state index is 12.3. The molecule has 0 heterocycles. The van der Waals surface area contributed by atoms with E-state index in [1.165, 1.54) is 12.1 Å². The number of nitro benzene ring substituents is 1. The molecular formula is C19H26N2O8. The average molecular weight is 410 g/mol. The van der Waals surface area contributed by atoms with Crippen molar-refractivity contribution in [3.8, 4) is 0 Å². The van der Waals surface area contributed by atoms with Crippen molar-refractivity contribution in [3.63, 3.8) is 0 Å². The van der Waals surface area contributed by atoms with E-state index in [1.807, 2.05) is 0 Å². The summed E-state index contributed by atoms with van der Waals surface area (Å²) in [6.07, 6.45) is -2.06. The third kappa shape index (κ3) is 7.40. The van der Waals surface area contributed by atoms with Gasteiger partial charge in [0.25, 0.3) is 5.69 Å². The highest BCUT2D eigenvalue weighted by molar-refractivity contribution is 5.91. The first-order valence-electron chi connectivity index (χ1n) is 8.74. The van der Waals surface area contributed by atoms with Gasteiger partial charge in [0.1, 0.15) is 11.2 Å². The van der Waals surface area contributed by atoms with E-state index in [4.69, 9.17) is 9.47 Å². The number of imide groups is 1. The van der Waals surface area contributed by atoms with E-state index in [-0.39, 0.29) is 11.1 Å². The molecular weight excluding hydrogens is 384 g/mol. The molecule has 0 aliphatic rings. The predicted octanol–water partition coefficient (Wildman–Crippen LogP) is 4.05. The van der Waals surface area contributed by atoms with Crippen LogP contribution in [0.1, 0.15) is 57.5 Å². The Kier molecular flexibility index (Phi) is 7.32. The smallest absolute Gasteiger partial charge is 0.420 e. The lowest BCUT2D eigenvalue weighted by Gasteiger charge is -2.25. The number of amides is 2. The van der Waals surface area contributed by atoms with Crippen LogP contribution in [0.2, 0.25) is 0 Å². The van der Waals surface area contributed by atoms with Crippen LogP contribution in [0.15, 0.2) is 18.2 Å². The minimum absolute atomic E-state index is 0.0126. The fourth-order valence-corrected chi connectivity index (χ4v) is 2.13. The highest BCUT2D eigenvalue weighted by atomic mass is 16.6. The number of carbonyl (C=O) groups is 3. The highest BCUT2D eigenvalue weighted by Crippen LogP contribution is 2.25. The van der Waals surface area contributed by atoms with E-state index in [9.17, 15) is 24.5 Å². The molecule has 0 N–H and O–H groups in total. The fraction of sp³-hybridized carbons (Fsp3) is 0.526. The van der Waals surface area contributed by atoms with Gasteiger partial charge in [-0.1, -0.05) is 0 Å². The van der Waals surface area contributed by atoms with E-state index in [2.05, 4.69) is 4.74 Å². The van der Waals surface area contributed by atoms with Gasteiger partial charge in [0.15, 0.2) is 0 Å². The van der Waals surface area contributed by atoms with Gasteiger partial charge in [0.05, 0.1) is 29.7 Å². The van der Waals surface area contributed by atoms with Crippen LogP contribution in [0.25, 0.3) is 0 Å². The second-order valence-electron chi connectivity index (χ2n) is 8.14. The van der Waals surface area contributed by atoms with Gasteiger partial charge in [0, 0.05) is 6.07 Å². The molecule has 0 saturated carbocycles. The number of nitro groups is 1. The lowest BCUT2D eigenvalue weighted by molar-refractivity contribution is -0.385. The van der Waals surface area contributed by atoms with Gasteiger partial charge in [-0.3, -0.25) is 10.1 Å². The lowest BCUT2D eigenvalue weighted by atomic mass is 10.1. The van der Waals surface area contributed by atoms with Crippen molar-refractivity contribution in [1.82, 2.24) is 4.90 Å². The molecule has 0 aliphatic carbocycles. The van der Waals surface area contributed by atoms with Gasteiger partial charge in [0.2, 0.25) is 0 Å². The SMILES string of the molecule is COC(=O)N(Cc1ccc(C(=O)OC(C)(C)C)cc1[N+](=O)[O-])C(=O)OC(C)(C)C. The summed E-state index contributed by atoms with van der Waals surface area (Å²) in [6.45, 7) is 9.36. The van der Waals surface area contributed by atoms with Crippen molar-refractivity contribution in [1.29, 1.82) is 0 Å². The van der Waals surface area contributed by atoms with Crippen molar-refractivity contribution >= 4 is 23.8 Å². The van der Waals surface area contributed by atoms with Crippen molar-refractivity contribution < 1.29 is 33.5 Å². The number of rotatable bonds is 4. The Morgan fingerprint density at radius 3 is 2.00 bits per heavy atom. The number of carbonyl (C=O) groups excluding carboxylic acids is 3. The van der Waals surface area contributed by atoms with Crippen molar-refractivity contribution in [2.24, 2.45) is 0 Å². The van der Waals surface area contributed by atoms with Gasteiger partial charge in [-0.05, 0) is 53.7 Å². The van der Waals surface area contributed by atoms with E-state index in [1.54, 1.807) is 41.5 Å². The Labute approximate surface area is 168 Å². The largest absolute Gasteiger partial charge is 0.456 e. The molecule has 0 fully saturated rings. The molecule has 10 nitrogen and oxygen atoms in total. The number of hydrogen-bond acceptors (Lipinski definition) is 8. The van der Waals surface area contributed by atoms with Crippen LogP contribution in [0.3, 0.4) is 0 Å². The summed E-state index contributed by atoms with van der Waals surface area (Å²) < 4.78 is 14.9. The molecule has 0 bridgehead atoms. The van der Waals surface area contributed by atoms with Crippen molar-refractivity contribution in [2.45, 2.75) is 59.3 Å². The molecule has 1 rings (SSSR count). The molecule has 1 aromatic carbocycles. The first-order chi connectivity index (χ1) is 13.1. The first-order valence-corrected chi connectivity index (χ1v) is 8.74. The zero-order valence-corrected chi connectivity index (χ0v) is 17.6. The van der Waals surface area contributed by atoms with Crippen LogP contribution in [0.5, 0.6) is 0 Å². The summed E-state index contributed by atoms with van der Waals surface area (Å²) in [7, 11) is 1.07. The zero-order chi connectivity index (χ0) is 22.6. The summed E-state index contributed by atoms with van der Waals surface area (Å²) in [5.74, 6) is -0.732. The Hall–Kier alpha value is -3.17. The van der Waals surface area contributed by atoms with Crippen LogP contribution in [0.4, 0.5) is 15.3 Å². The number of esters is 1. The second-order valence-corrected chi connectivity index (χ2v) is 8.14. The van der Waals surface area contributed by atoms with Crippen LogP contribution < -0.4 is 0 Å². The first kappa shape index (κ1) is 23.9. The zero-order valence-electron chi connectivity index (χ0n) is 17.6. The topological polar surface area (TPSA) is 125 Å². The summed E-state index contributed by atoms with van der Waals surface area (Å²) in [6, 6.07) is 3.63. The van der Waals surface area contributed by atoms with Crippen molar-refractivity contribution in [2.75, 3.05) is 7.11 Å². The summed E-state index contributed by atoms with van der Waals surface area (Å²) in [5.41, 5.74) is -2.14. The van der Waals surface area contributed by atoms with E-state index < -0.39 is 46.5 Å². The molecule has 2 amide bonds. The lowest BCUT2D eigenvalue weighted by Crippen LogP contribution is -2.40. The summed E-state index contributed by atoms with van der Waals surface area (Å²) >= 11 is 0. The maximum absolute atomic E-state index is 12.3. The Bertz CT molecular complexity index is 805. The van der Waals surface area contributed by atoms with E-state index >= 15 is 0 Å². The Morgan fingerprint density at radius 1 is 1.00 bits per heavy atom. The van der Waals surface area contributed by atoms with Gasteiger partial charge in [-0.2, -0.15) is 0 Å². The van der Waals surface area contributed by atoms with Crippen LogP contribution in [0, 0.1) is 10.1 Å². The molecule has 0 unspecified atom stereocenters. The molecule has 0 saturated heterocycles. The van der Waals surface area contributed by atoms with Gasteiger partial charge in [-0.15, -0.1) is 0 Å². The molecule has 29 heavy (non-hydrogen) atoms. The van der Waals surface area contributed by atoms with Gasteiger partial charge in [-0.25, -0.2) is 19.3 Å². The number of ether oxygens (including phenoxy) is 3. The molecule has 0 atom stereocenters. The monoisotopic (exact) mass is 410 g/mol. The maximum Gasteiger partial charge on any atom is 0.420 e. The average Bonchev–Trinajstić information content (AvgIpc) is 2.55. The number of benzene rings is 1. The predicted molar refractivity (Wildman–Crippen MR) is 102 cm³/mol. The molecule has 10 heteroatoms. The summed E-state index contributed by atoms with van der Waals surface area (Å²) in [5, 5.41) is 11.5. The van der Waals surface area contributed by atoms with Crippen LogP contribution >= 0.6 is 0 Å². The minimum Gasteiger partial charge on any atom is -0.456 e. The molecule has 160 valence electrons. The molecule has 0 spiro atoms. The van der Waals surface area contributed by atoms with Crippen LogP contribution in [-0.4, -0.2) is 46.3 Å². The second kappa shape index (κ2) is 8.89. The van der Waals surface area contributed by atoms with Crippen molar-refractivity contribution in [3.05, 3.63) is 39.4 Å². The minimum atomic E-state index is -1.04. The highest BCUT2D eigenvalue weighted by Gasteiger charge is 2.31. The molecule has 0 aliphatic heterocycles.